The van der Waals surface area contributed by atoms with Gasteiger partial charge in [0.2, 0.25) is 5.91 Å². The van der Waals surface area contributed by atoms with Crippen molar-refractivity contribution in [3.8, 4) is 5.75 Å². The first-order valence-electron chi connectivity index (χ1n) is 10.4. The number of fused-ring (bicyclic) bond motifs is 1. The highest BCUT2D eigenvalue weighted by atomic mass is 32.1. The van der Waals surface area contributed by atoms with E-state index in [1.807, 2.05) is 23.1 Å². The number of hydrogen-bond acceptors (Lipinski definition) is 5. The summed E-state index contributed by atoms with van der Waals surface area (Å²) in [6.45, 7) is 4.06. The topological polar surface area (TPSA) is 65.1 Å². The van der Waals surface area contributed by atoms with Crippen LogP contribution in [0.25, 0.3) is 0 Å². The smallest absolute Gasteiger partial charge is 0.337 e. The molecule has 2 aromatic carbocycles. The zero-order valence-corrected chi connectivity index (χ0v) is 18.9. The minimum Gasteiger partial charge on any atom is -0.491 e. The van der Waals surface area contributed by atoms with Crippen LogP contribution in [-0.2, 0) is 20.8 Å². The van der Waals surface area contributed by atoms with Gasteiger partial charge in [-0.2, -0.15) is 13.5 Å². The molecule has 0 bridgehead atoms. The number of carbonyl (C=O) groups is 2. The summed E-state index contributed by atoms with van der Waals surface area (Å²) in [5, 5.41) is 0. The molecule has 1 fully saturated rings. The van der Waals surface area contributed by atoms with Gasteiger partial charge in [-0.25, -0.2) is 4.79 Å². The van der Waals surface area contributed by atoms with Gasteiger partial charge in [0.25, 0.3) is 0 Å². The monoisotopic (exact) mass is 443 g/mol. The van der Waals surface area contributed by atoms with Crippen LogP contribution in [0.3, 0.4) is 0 Å². The Bertz CT molecular complexity index is 941. The summed E-state index contributed by atoms with van der Waals surface area (Å²) in [4.78, 5) is 27.5. The molecule has 0 saturated carbocycles. The Balaban J connectivity index is 0.00000272. The Morgan fingerprint density at radius 1 is 1.10 bits per heavy atom. The first-order valence-corrected chi connectivity index (χ1v) is 10.4. The lowest BCUT2D eigenvalue weighted by Gasteiger charge is -2.34. The van der Waals surface area contributed by atoms with Gasteiger partial charge in [-0.05, 0) is 43.0 Å². The Labute approximate surface area is 189 Å². The normalized spacial score (nSPS) is 18.8. The lowest BCUT2D eigenvalue weighted by molar-refractivity contribution is -0.142. The summed E-state index contributed by atoms with van der Waals surface area (Å²) in [5.74, 6) is 0.316. The van der Waals surface area contributed by atoms with E-state index in [4.69, 9.17) is 14.2 Å². The minimum atomic E-state index is -0.406. The number of benzene rings is 2. The fraction of sp³-hybridized carbons (Fsp3) is 0.417. The van der Waals surface area contributed by atoms with Gasteiger partial charge in [0, 0.05) is 24.7 Å². The third kappa shape index (κ3) is 4.88. The van der Waals surface area contributed by atoms with Crippen LogP contribution in [0, 0.1) is 12.8 Å². The first kappa shape index (κ1) is 23.2. The highest BCUT2D eigenvalue weighted by molar-refractivity contribution is 7.59. The molecule has 2 heterocycles. The maximum atomic E-state index is 13.6. The second-order valence-electron chi connectivity index (χ2n) is 7.85. The quantitative estimate of drug-likeness (QED) is 0.676. The van der Waals surface area contributed by atoms with E-state index >= 15 is 0 Å². The van der Waals surface area contributed by atoms with E-state index in [1.165, 1.54) is 7.11 Å². The first-order chi connectivity index (χ1) is 14.6. The highest BCUT2D eigenvalue weighted by Gasteiger charge is 2.35. The number of carbonyl (C=O) groups excluding carboxylic acids is 2. The molecule has 0 unspecified atom stereocenters. The van der Waals surface area contributed by atoms with E-state index in [1.54, 1.807) is 12.1 Å². The molecule has 0 aromatic heterocycles. The summed E-state index contributed by atoms with van der Waals surface area (Å²) in [6, 6.07) is 13.2. The van der Waals surface area contributed by atoms with E-state index in [2.05, 4.69) is 19.1 Å². The van der Waals surface area contributed by atoms with Gasteiger partial charge in [-0.1, -0.05) is 30.3 Å². The molecule has 4 rings (SSSR count). The minimum absolute atomic E-state index is 0. The molecule has 166 valence electrons. The van der Waals surface area contributed by atoms with Crippen molar-refractivity contribution in [3.05, 3.63) is 64.7 Å². The number of amides is 1. The number of methoxy groups -OCH3 is 1. The number of aryl methyl sites for hydroxylation is 1. The number of hydrogen-bond donors (Lipinski definition) is 0. The molecule has 1 amide bonds. The Kier molecular flexibility index (Phi) is 7.62. The summed E-state index contributed by atoms with van der Waals surface area (Å²) in [7, 11) is 1.36. The Morgan fingerprint density at radius 2 is 1.84 bits per heavy atom. The molecule has 0 spiro atoms. The fourth-order valence-electron chi connectivity index (χ4n) is 4.25. The molecule has 2 aliphatic heterocycles. The second-order valence-corrected chi connectivity index (χ2v) is 7.85. The van der Waals surface area contributed by atoms with Crippen LogP contribution in [0.2, 0.25) is 0 Å². The van der Waals surface area contributed by atoms with Crippen molar-refractivity contribution in [2.45, 2.75) is 32.4 Å². The Hall–Kier alpha value is -2.51. The molecule has 0 N–H and O–H groups in total. The SMILES string of the molecule is COC(=O)c1ccc2c(c1)OC[C@H](c1ccccc1C)N(C(=O)C1CCOCC1)C2.S. The molecular formula is C24H29NO5S. The maximum Gasteiger partial charge on any atom is 0.337 e. The van der Waals surface area contributed by atoms with Gasteiger partial charge in [-0.3, -0.25) is 4.79 Å². The fourth-order valence-corrected chi connectivity index (χ4v) is 4.25. The molecule has 31 heavy (non-hydrogen) atoms. The number of ether oxygens (including phenoxy) is 3. The van der Waals surface area contributed by atoms with Crippen molar-refractivity contribution in [2.24, 2.45) is 5.92 Å². The van der Waals surface area contributed by atoms with Gasteiger partial charge in [0.05, 0.1) is 25.3 Å². The van der Waals surface area contributed by atoms with Crippen molar-refractivity contribution >= 4 is 25.4 Å². The number of esters is 1. The standard InChI is InChI=1S/C24H27NO5.H2S/c1-16-5-3-4-6-20(16)21-15-30-22-13-18(24(27)28-2)7-8-19(22)14-25(21)23(26)17-9-11-29-12-10-17;/h3-8,13,17,21H,9-12,14-15H2,1-2H3;1H2/t21-;/m1./s1. The molecule has 0 radical (unpaired) electrons. The van der Waals surface area contributed by atoms with E-state index in [-0.39, 0.29) is 31.4 Å². The molecule has 7 heteroatoms. The van der Waals surface area contributed by atoms with Crippen LogP contribution in [0.5, 0.6) is 5.75 Å². The average molecular weight is 444 g/mol. The van der Waals surface area contributed by atoms with Crippen molar-refractivity contribution in [2.75, 3.05) is 26.9 Å². The lowest BCUT2D eigenvalue weighted by atomic mass is 9.94. The van der Waals surface area contributed by atoms with Gasteiger partial charge < -0.3 is 19.1 Å². The average Bonchev–Trinajstić information content (AvgIpc) is 2.98. The van der Waals surface area contributed by atoms with Gasteiger partial charge in [-0.15, -0.1) is 0 Å². The maximum absolute atomic E-state index is 13.6. The molecule has 2 aromatic rings. The largest absolute Gasteiger partial charge is 0.491 e. The predicted molar refractivity (Wildman–Crippen MR) is 122 cm³/mol. The molecule has 2 aliphatic rings. The molecule has 1 saturated heterocycles. The summed E-state index contributed by atoms with van der Waals surface area (Å²) in [6.07, 6.45) is 1.48. The van der Waals surface area contributed by atoms with Crippen LogP contribution in [0.4, 0.5) is 0 Å². The molecule has 1 atom stereocenters. The second kappa shape index (κ2) is 10.2. The van der Waals surface area contributed by atoms with E-state index in [0.717, 1.165) is 29.5 Å². The van der Waals surface area contributed by atoms with Crippen molar-refractivity contribution in [3.63, 3.8) is 0 Å². The lowest BCUT2D eigenvalue weighted by Crippen LogP contribution is -2.41. The van der Waals surface area contributed by atoms with Crippen molar-refractivity contribution in [1.82, 2.24) is 4.90 Å². The molecule has 0 aliphatic carbocycles. The third-order valence-corrected chi connectivity index (χ3v) is 6.00. The van der Waals surface area contributed by atoms with E-state index in [0.29, 0.717) is 37.7 Å². The van der Waals surface area contributed by atoms with Crippen LogP contribution < -0.4 is 4.74 Å². The zero-order valence-electron chi connectivity index (χ0n) is 17.9. The predicted octanol–water partition coefficient (Wildman–Crippen LogP) is 3.78. The number of nitrogens with zero attached hydrogens (tertiary/aromatic N) is 1. The van der Waals surface area contributed by atoms with Crippen LogP contribution in [0.1, 0.15) is 45.9 Å². The van der Waals surface area contributed by atoms with E-state index < -0.39 is 5.97 Å². The summed E-state index contributed by atoms with van der Waals surface area (Å²) >= 11 is 0. The van der Waals surface area contributed by atoms with Crippen molar-refractivity contribution in [1.29, 1.82) is 0 Å². The van der Waals surface area contributed by atoms with E-state index in [9.17, 15) is 9.59 Å². The van der Waals surface area contributed by atoms with Crippen LogP contribution >= 0.6 is 13.5 Å². The van der Waals surface area contributed by atoms with Crippen molar-refractivity contribution < 1.29 is 23.8 Å². The third-order valence-electron chi connectivity index (χ3n) is 6.00. The number of rotatable bonds is 3. The summed E-state index contributed by atoms with van der Waals surface area (Å²) in [5.41, 5.74) is 3.53. The van der Waals surface area contributed by atoms with Crippen LogP contribution in [0.15, 0.2) is 42.5 Å². The van der Waals surface area contributed by atoms with Gasteiger partial charge in [0.1, 0.15) is 12.4 Å². The zero-order chi connectivity index (χ0) is 21.1. The molecular weight excluding hydrogens is 414 g/mol. The molecule has 6 nitrogen and oxygen atoms in total. The van der Waals surface area contributed by atoms with Gasteiger partial charge in [0.15, 0.2) is 0 Å². The van der Waals surface area contributed by atoms with Gasteiger partial charge >= 0.3 is 5.97 Å². The highest BCUT2D eigenvalue weighted by Crippen LogP contribution is 2.35. The Morgan fingerprint density at radius 3 is 2.55 bits per heavy atom. The summed E-state index contributed by atoms with van der Waals surface area (Å²) < 4.78 is 16.4. The van der Waals surface area contributed by atoms with Crippen LogP contribution in [-0.4, -0.2) is 43.7 Å².